The highest BCUT2D eigenvalue weighted by atomic mass is 79.9. The average molecular weight is 398 g/mol. The summed E-state index contributed by atoms with van der Waals surface area (Å²) in [4.78, 5) is 0.185. The molecule has 0 amide bonds. The van der Waals surface area contributed by atoms with Gasteiger partial charge in [-0.15, -0.1) is 0 Å². The lowest BCUT2D eigenvalue weighted by atomic mass is 10.2. The molecule has 6 nitrogen and oxygen atoms in total. The van der Waals surface area contributed by atoms with Crippen molar-refractivity contribution < 1.29 is 13.2 Å². The summed E-state index contributed by atoms with van der Waals surface area (Å²) in [7, 11) is -3.58. The fraction of sp³-hybridized carbons (Fsp3) is 0.133. The molecule has 122 valence electrons. The largest absolute Gasteiger partial charge is 0.491 e. The molecule has 0 aliphatic rings. The molecule has 0 fully saturated rings. The van der Waals surface area contributed by atoms with Crippen LogP contribution in [-0.2, 0) is 10.0 Å². The highest BCUT2D eigenvalue weighted by molar-refractivity contribution is 9.10. The van der Waals surface area contributed by atoms with Gasteiger partial charge in [0.2, 0.25) is 10.0 Å². The number of amidine groups is 1. The second-order valence-electron chi connectivity index (χ2n) is 4.61. The predicted octanol–water partition coefficient (Wildman–Crippen LogP) is 2.09. The topological polar surface area (TPSA) is 105 Å². The number of hydrogen-bond donors (Lipinski definition) is 3. The van der Waals surface area contributed by atoms with Gasteiger partial charge >= 0.3 is 0 Å². The van der Waals surface area contributed by atoms with Crippen LogP contribution in [0, 0.1) is 5.41 Å². The van der Waals surface area contributed by atoms with Crippen LogP contribution in [0.4, 0.5) is 0 Å². The van der Waals surface area contributed by atoms with Gasteiger partial charge < -0.3 is 10.5 Å². The Bertz CT molecular complexity index is 792. The summed E-state index contributed by atoms with van der Waals surface area (Å²) in [6.07, 6.45) is 0. The molecular formula is C15H16BrN3O3S. The summed E-state index contributed by atoms with van der Waals surface area (Å²) in [5.74, 6) is 0.346. The molecule has 0 saturated heterocycles. The summed E-state index contributed by atoms with van der Waals surface area (Å²) < 4.78 is 32.9. The molecule has 0 aliphatic carbocycles. The molecule has 0 aromatic heterocycles. The number of hydrogen-bond acceptors (Lipinski definition) is 4. The van der Waals surface area contributed by atoms with Crippen molar-refractivity contribution in [2.24, 2.45) is 5.73 Å². The Hall–Kier alpha value is -1.90. The first kappa shape index (κ1) is 17.5. The molecule has 2 aromatic rings. The molecule has 0 radical (unpaired) electrons. The van der Waals surface area contributed by atoms with Crippen LogP contribution in [0.5, 0.6) is 5.75 Å². The number of nitrogens with two attached hydrogens (primary N) is 1. The molecule has 4 N–H and O–H groups in total. The Kier molecular flexibility index (Phi) is 5.75. The van der Waals surface area contributed by atoms with Crippen molar-refractivity contribution in [1.29, 1.82) is 5.41 Å². The summed E-state index contributed by atoms with van der Waals surface area (Å²) >= 11 is 3.26. The maximum atomic E-state index is 12.1. The second kappa shape index (κ2) is 7.58. The van der Waals surface area contributed by atoms with Gasteiger partial charge in [-0.05, 0) is 36.4 Å². The number of nitrogen functional groups attached to an aromatic ring is 1. The first-order valence-electron chi connectivity index (χ1n) is 6.71. The highest BCUT2D eigenvalue weighted by Crippen LogP contribution is 2.17. The molecule has 2 aromatic carbocycles. The third kappa shape index (κ3) is 4.78. The normalized spacial score (nSPS) is 11.2. The van der Waals surface area contributed by atoms with Gasteiger partial charge in [0, 0.05) is 11.0 Å². The standard InChI is InChI=1S/C15H16BrN3O3S/c16-11-5-7-12(8-6-11)23(20,21)19-9-10-22-14-4-2-1-3-13(14)15(17)18/h1-8,19H,9-10H2,(H3,17,18). The molecule has 0 heterocycles. The number of halogens is 1. The number of para-hydroxylation sites is 1. The summed E-state index contributed by atoms with van der Waals surface area (Å²) in [6, 6.07) is 13.2. The van der Waals surface area contributed by atoms with Crippen LogP contribution in [0.1, 0.15) is 5.56 Å². The molecular weight excluding hydrogens is 382 g/mol. The lowest BCUT2D eigenvalue weighted by molar-refractivity contribution is 0.322. The summed E-state index contributed by atoms with van der Waals surface area (Å²) in [6.45, 7) is 0.227. The minimum absolute atomic E-state index is 0.101. The van der Waals surface area contributed by atoms with Crippen molar-refractivity contribution in [1.82, 2.24) is 4.72 Å². The monoisotopic (exact) mass is 397 g/mol. The third-order valence-electron chi connectivity index (χ3n) is 2.95. The molecule has 8 heteroatoms. The molecule has 2 rings (SSSR count). The average Bonchev–Trinajstić information content (AvgIpc) is 2.52. The van der Waals surface area contributed by atoms with E-state index >= 15 is 0 Å². The Morgan fingerprint density at radius 2 is 1.83 bits per heavy atom. The van der Waals surface area contributed by atoms with E-state index in [2.05, 4.69) is 20.7 Å². The van der Waals surface area contributed by atoms with Gasteiger partial charge in [0.05, 0.1) is 10.5 Å². The maximum Gasteiger partial charge on any atom is 0.240 e. The quantitative estimate of drug-likeness (QED) is 0.377. The lowest BCUT2D eigenvalue weighted by Crippen LogP contribution is -2.28. The van der Waals surface area contributed by atoms with Crippen LogP contribution in [-0.4, -0.2) is 27.4 Å². The van der Waals surface area contributed by atoms with Crippen LogP contribution in [0.25, 0.3) is 0 Å². The van der Waals surface area contributed by atoms with E-state index in [1.54, 1.807) is 36.4 Å². The van der Waals surface area contributed by atoms with Gasteiger partial charge in [0.1, 0.15) is 18.2 Å². The van der Waals surface area contributed by atoms with Gasteiger partial charge in [0.25, 0.3) is 0 Å². The van der Waals surface area contributed by atoms with Crippen LogP contribution in [0.3, 0.4) is 0 Å². The van der Waals surface area contributed by atoms with Gasteiger partial charge in [0.15, 0.2) is 0 Å². The number of rotatable bonds is 7. The molecule has 0 aliphatic heterocycles. The zero-order valence-electron chi connectivity index (χ0n) is 12.1. The van der Waals surface area contributed by atoms with E-state index in [0.29, 0.717) is 11.3 Å². The van der Waals surface area contributed by atoms with Crippen LogP contribution >= 0.6 is 15.9 Å². The van der Waals surface area contributed by atoms with E-state index in [4.69, 9.17) is 15.9 Å². The molecule has 0 bridgehead atoms. The van der Waals surface area contributed by atoms with E-state index < -0.39 is 10.0 Å². The van der Waals surface area contributed by atoms with Gasteiger partial charge in [-0.3, -0.25) is 5.41 Å². The molecule has 0 atom stereocenters. The first-order chi connectivity index (χ1) is 10.9. The summed E-state index contributed by atoms with van der Waals surface area (Å²) in [5.41, 5.74) is 5.94. The predicted molar refractivity (Wildman–Crippen MR) is 92.3 cm³/mol. The minimum Gasteiger partial charge on any atom is -0.491 e. The highest BCUT2D eigenvalue weighted by Gasteiger charge is 2.13. The molecule has 0 unspecified atom stereocenters. The minimum atomic E-state index is -3.58. The van der Waals surface area contributed by atoms with Crippen LogP contribution in [0.2, 0.25) is 0 Å². The van der Waals surface area contributed by atoms with Gasteiger partial charge in [-0.2, -0.15) is 0 Å². The Morgan fingerprint density at radius 1 is 1.17 bits per heavy atom. The zero-order valence-corrected chi connectivity index (χ0v) is 14.5. The van der Waals surface area contributed by atoms with Crippen molar-refractivity contribution in [3.05, 3.63) is 58.6 Å². The number of nitrogens with one attached hydrogen (secondary N) is 2. The first-order valence-corrected chi connectivity index (χ1v) is 8.99. The van der Waals surface area contributed by atoms with E-state index in [0.717, 1.165) is 4.47 Å². The van der Waals surface area contributed by atoms with Crippen LogP contribution in [0.15, 0.2) is 57.9 Å². The number of benzene rings is 2. The Balaban J connectivity index is 1.93. The second-order valence-corrected chi connectivity index (χ2v) is 7.29. The van der Waals surface area contributed by atoms with Gasteiger partial charge in [-0.25, -0.2) is 13.1 Å². The fourth-order valence-corrected chi connectivity index (χ4v) is 3.13. The molecule has 0 saturated carbocycles. The number of ether oxygens (including phenoxy) is 1. The van der Waals surface area contributed by atoms with Crippen molar-refractivity contribution in [2.45, 2.75) is 4.90 Å². The van der Waals surface area contributed by atoms with E-state index in [9.17, 15) is 8.42 Å². The Labute approximate surface area is 143 Å². The van der Waals surface area contributed by atoms with Gasteiger partial charge in [-0.1, -0.05) is 28.1 Å². The Morgan fingerprint density at radius 3 is 2.48 bits per heavy atom. The third-order valence-corrected chi connectivity index (χ3v) is 4.96. The van der Waals surface area contributed by atoms with Crippen LogP contribution < -0.4 is 15.2 Å². The van der Waals surface area contributed by atoms with E-state index in [1.165, 1.54) is 12.1 Å². The van der Waals surface area contributed by atoms with Crippen molar-refractivity contribution >= 4 is 31.8 Å². The smallest absolute Gasteiger partial charge is 0.240 e. The van der Waals surface area contributed by atoms with Crippen molar-refractivity contribution in [2.75, 3.05) is 13.2 Å². The van der Waals surface area contributed by atoms with E-state index in [-0.39, 0.29) is 23.9 Å². The fourth-order valence-electron chi connectivity index (χ4n) is 1.85. The molecule has 23 heavy (non-hydrogen) atoms. The summed E-state index contributed by atoms with van der Waals surface area (Å²) in [5, 5.41) is 7.47. The maximum absolute atomic E-state index is 12.1. The SMILES string of the molecule is N=C(N)c1ccccc1OCCNS(=O)(=O)c1ccc(Br)cc1. The van der Waals surface area contributed by atoms with E-state index in [1.807, 2.05) is 0 Å². The van der Waals surface area contributed by atoms with Crippen molar-refractivity contribution in [3.63, 3.8) is 0 Å². The van der Waals surface area contributed by atoms with Crippen molar-refractivity contribution in [3.8, 4) is 5.75 Å². The lowest BCUT2D eigenvalue weighted by Gasteiger charge is -2.11. The number of sulfonamides is 1. The zero-order chi connectivity index (χ0) is 16.9. The molecule has 0 spiro atoms.